The summed E-state index contributed by atoms with van der Waals surface area (Å²) in [5.74, 6) is 0.987. The molecule has 1 aromatic rings. The number of nitrogens with zero attached hydrogens (tertiary/aromatic N) is 1. The van der Waals surface area contributed by atoms with Crippen LogP contribution in [-0.2, 0) is 16.0 Å². The number of carbonyl (C=O) groups excluding carboxylic acids is 1. The summed E-state index contributed by atoms with van der Waals surface area (Å²) in [7, 11) is 0. The van der Waals surface area contributed by atoms with Gasteiger partial charge in [0.05, 0.1) is 12.0 Å². The van der Waals surface area contributed by atoms with Crippen molar-refractivity contribution in [3.8, 4) is 0 Å². The SMILES string of the molecule is CCc1onc(C)c1NC(=O)[C@H]1CCCO[C@@H]1C(C)C. The van der Waals surface area contributed by atoms with Crippen LogP contribution in [0.3, 0.4) is 0 Å². The second kappa shape index (κ2) is 6.39. The lowest BCUT2D eigenvalue weighted by atomic mass is 9.86. The fourth-order valence-corrected chi connectivity index (χ4v) is 2.77. The molecule has 0 aliphatic carbocycles. The smallest absolute Gasteiger partial charge is 0.230 e. The zero-order valence-electron chi connectivity index (χ0n) is 12.7. The first-order valence-electron chi connectivity index (χ1n) is 7.42. The van der Waals surface area contributed by atoms with Gasteiger partial charge in [-0.05, 0) is 25.7 Å². The van der Waals surface area contributed by atoms with Gasteiger partial charge in [-0.1, -0.05) is 25.9 Å². The third-order valence-electron chi connectivity index (χ3n) is 3.86. The summed E-state index contributed by atoms with van der Waals surface area (Å²) in [5.41, 5.74) is 1.46. The molecule has 5 nitrogen and oxygen atoms in total. The lowest BCUT2D eigenvalue weighted by Gasteiger charge is -2.33. The lowest BCUT2D eigenvalue weighted by molar-refractivity contribution is -0.131. The number of amides is 1. The molecule has 1 aliphatic rings. The maximum absolute atomic E-state index is 12.5. The molecule has 0 unspecified atom stereocenters. The van der Waals surface area contributed by atoms with Crippen LogP contribution in [0.25, 0.3) is 0 Å². The molecule has 0 saturated carbocycles. The van der Waals surface area contributed by atoms with Gasteiger partial charge in [0.15, 0.2) is 5.76 Å². The number of aromatic nitrogens is 1. The third-order valence-corrected chi connectivity index (χ3v) is 3.86. The maximum Gasteiger partial charge on any atom is 0.230 e. The van der Waals surface area contributed by atoms with Crippen LogP contribution in [0.4, 0.5) is 5.69 Å². The van der Waals surface area contributed by atoms with E-state index >= 15 is 0 Å². The summed E-state index contributed by atoms with van der Waals surface area (Å²) in [6.45, 7) is 8.77. The molecule has 1 saturated heterocycles. The van der Waals surface area contributed by atoms with Gasteiger partial charge >= 0.3 is 0 Å². The highest BCUT2D eigenvalue weighted by Crippen LogP contribution is 2.29. The first kappa shape index (κ1) is 15.0. The minimum absolute atomic E-state index is 0.00556. The summed E-state index contributed by atoms with van der Waals surface area (Å²) in [5, 5.41) is 6.91. The van der Waals surface area contributed by atoms with Gasteiger partial charge in [-0.25, -0.2) is 0 Å². The van der Waals surface area contributed by atoms with Crippen molar-refractivity contribution < 1.29 is 14.1 Å². The zero-order valence-corrected chi connectivity index (χ0v) is 12.7. The monoisotopic (exact) mass is 280 g/mol. The van der Waals surface area contributed by atoms with E-state index in [1.54, 1.807) is 0 Å². The lowest BCUT2D eigenvalue weighted by Crippen LogP contribution is -2.41. The molecule has 1 fully saturated rings. The molecular weight excluding hydrogens is 256 g/mol. The topological polar surface area (TPSA) is 64.4 Å². The number of nitrogens with one attached hydrogen (secondary N) is 1. The first-order valence-corrected chi connectivity index (χ1v) is 7.42. The van der Waals surface area contributed by atoms with Crippen LogP contribution in [0, 0.1) is 18.8 Å². The molecule has 2 atom stereocenters. The molecule has 1 aliphatic heterocycles. The van der Waals surface area contributed by atoms with E-state index in [0.717, 1.165) is 36.6 Å². The molecule has 2 rings (SSSR count). The van der Waals surface area contributed by atoms with Crippen LogP contribution in [0.15, 0.2) is 4.52 Å². The van der Waals surface area contributed by atoms with E-state index in [9.17, 15) is 4.79 Å². The van der Waals surface area contributed by atoms with Crippen molar-refractivity contribution in [2.24, 2.45) is 11.8 Å². The summed E-state index contributed by atoms with van der Waals surface area (Å²) < 4.78 is 11.0. The zero-order chi connectivity index (χ0) is 14.7. The summed E-state index contributed by atoms with van der Waals surface area (Å²) in [6.07, 6.45) is 2.52. The molecule has 112 valence electrons. The molecule has 1 N–H and O–H groups in total. The van der Waals surface area contributed by atoms with Gasteiger partial charge < -0.3 is 14.6 Å². The van der Waals surface area contributed by atoms with Crippen LogP contribution in [0.1, 0.15) is 45.1 Å². The van der Waals surface area contributed by atoms with Crippen molar-refractivity contribution in [3.63, 3.8) is 0 Å². The summed E-state index contributed by atoms with van der Waals surface area (Å²) in [4.78, 5) is 12.5. The number of aryl methyl sites for hydroxylation is 2. The normalized spacial score (nSPS) is 23.1. The van der Waals surface area contributed by atoms with Gasteiger partial charge in [0, 0.05) is 13.0 Å². The molecule has 5 heteroatoms. The number of rotatable bonds is 4. The van der Waals surface area contributed by atoms with Crippen molar-refractivity contribution in [2.45, 2.75) is 53.1 Å². The van der Waals surface area contributed by atoms with E-state index in [2.05, 4.69) is 24.3 Å². The Hall–Kier alpha value is -1.36. The number of anilines is 1. The van der Waals surface area contributed by atoms with Crippen LogP contribution in [0.5, 0.6) is 0 Å². The van der Waals surface area contributed by atoms with Crippen LogP contribution < -0.4 is 5.32 Å². The number of ether oxygens (including phenoxy) is 1. The van der Waals surface area contributed by atoms with Gasteiger partial charge in [-0.3, -0.25) is 4.79 Å². The molecule has 0 bridgehead atoms. The fraction of sp³-hybridized carbons (Fsp3) is 0.733. The van der Waals surface area contributed by atoms with Crippen molar-refractivity contribution in [2.75, 3.05) is 11.9 Å². The molecule has 0 radical (unpaired) electrons. The van der Waals surface area contributed by atoms with Gasteiger partial charge in [0.1, 0.15) is 11.4 Å². The molecular formula is C15H24N2O3. The molecule has 20 heavy (non-hydrogen) atoms. The van der Waals surface area contributed by atoms with E-state index in [-0.39, 0.29) is 17.9 Å². The predicted molar refractivity (Wildman–Crippen MR) is 76.5 cm³/mol. The Morgan fingerprint density at radius 3 is 2.90 bits per heavy atom. The van der Waals surface area contributed by atoms with Crippen LogP contribution >= 0.6 is 0 Å². The van der Waals surface area contributed by atoms with Crippen molar-refractivity contribution in [1.82, 2.24) is 5.16 Å². The molecule has 0 spiro atoms. The average molecular weight is 280 g/mol. The second-order valence-corrected chi connectivity index (χ2v) is 5.74. The van der Waals surface area contributed by atoms with Crippen molar-refractivity contribution >= 4 is 11.6 Å². The first-order chi connectivity index (χ1) is 9.54. The molecule has 2 heterocycles. The molecule has 1 amide bonds. The summed E-state index contributed by atoms with van der Waals surface area (Å²) >= 11 is 0. The molecule has 0 aromatic carbocycles. The Bertz CT molecular complexity index is 468. The Labute approximate surface area is 120 Å². The van der Waals surface area contributed by atoms with E-state index in [1.807, 2.05) is 13.8 Å². The number of carbonyl (C=O) groups is 1. The third kappa shape index (κ3) is 3.03. The largest absolute Gasteiger partial charge is 0.377 e. The van der Waals surface area contributed by atoms with E-state index in [4.69, 9.17) is 9.26 Å². The van der Waals surface area contributed by atoms with Crippen LogP contribution in [0.2, 0.25) is 0 Å². The Kier molecular flexibility index (Phi) is 4.81. The number of hydrogen-bond acceptors (Lipinski definition) is 4. The Morgan fingerprint density at radius 2 is 2.25 bits per heavy atom. The highest BCUT2D eigenvalue weighted by Gasteiger charge is 2.34. The fourth-order valence-electron chi connectivity index (χ4n) is 2.77. The quantitative estimate of drug-likeness (QED) is 0.921. The number of hydrogen-bond donors (Lipinski definition) is 1. The Morgan fingerprint density at radius 1 is 1.50 bits per heavy atom. The highest BCUT2D eigenvalue weighted by atomic mass is 16.5. The van der Waals surface area contributed by atoms with E-state index in [1.165, 1.54) is 0 Å². The van der Waals surface area contributed by atoms with E-state index < -0.39 is 0 Å². The van der Waals surface area contributed by atoms with Crippen LogP contribution in [-0.4, -0.2) is 23.8 Å². The maximum atomic E-state index is 12.5. The predicted octanol–water partition coefficient (Wildman–Crippen LogP) is 2.94. The summed E-state index contributed by atoms with van der Waals surface area (Å²) in [6, 6.07) is 0. The minimum Gasteiger partial charge on any atom is -0.377 e. The van der Waals surface area contributed by atoms with Gasteiger partial charge in [0.2, 0.25) is 5.91 Å². The standard InChI is InChI=1S/C15H24N2O3/c1-5-12-13(10(4)17-20-12)16-15(18)11-7-6-8-19-14(11)9(2)3/h9,11,14H,5-8H2,1-4H3,(H,16,18)/t11-,14+/m0/s1. The molecule has 1 aromatic heterocycles. The van der Waals surface area contributed by atoms with Gasteiger partial charge in [-0.15, -0.1) is 0 Å². The van der Waals surface area contributed by atoms with Crippen molar-refractivity contribution in [3.05, 3.63) is 11.5 Å². The Balaban J connectivity index is 2.12. The van der Waals surface area contributed by atoms with E-state index in [0.29, 0.717) is 12.3 Å². The van der Waals surface area contributed by atoms with Gasteiger partial charge in [-0.2, -0.15) is 0 Å². The van der Waals surface area contributed by atoms with Crippen molar-refractivity contribution in [1.29, 1.82) is 0 Å². The second-order valence-electron chi connectivity index (χ2n) is 5.74. The highest BCUT2D eigenvalue weighted by molar-refractivity contribution is 5.94. The van der Waals surface area contributed by atoms with Gasteiger partial charge in [0.25, 0.3) is 0 Å². The average Bonchev–Trinajstić information content (AvgIpc) is 2.79. The minimum atomic E-state index is -0.0947.